The molecule has 0 bridgehead atoms. The summed E-state index contributed by atoms with van der Waals surface area (Å²) >= 11 is 0. The van der Waals surface area contributed by atoms with E-state index in [0.29, 0.717) is 68.0 Å². The average Bonchev–Trinajstić information content (AvgIpc) is 3.28. The monoisotopic (exact) mass is 449 g/mol. The van der Waals surface area contributed by atoms with E-state index in [2.05, 4.69) is 20.0 Å². The van der Waals surface area contributed by atoms with E-state index in [-0.39, 0.29) is 5.91 Å². The molecule has 9 heteroatoms. The van der Waals surface area contributed by atoms with Crippen LogP contribution in [0.4, 0.5) is 0 Å². The summed E-state index contributed by atoms with van der Waals surface area (Å²) in [6.07, 6.45) is 0. The predicted molar refractivity (Wildman–Crippen MR) is 121 cm³/mol. The molecule has 1 aromatic carbocycles. The van der Waals surface area contributed by atoms with Gasteiger partial charge in [0.2, 0.25) is 11.7 Å². The van der Waals surface area contributed by atoms with E-state index >= 15 is 0 Å². The highest BCUT2D eigenvalue weighted by Crippen LogP contribution is 2.18. The summed E-state index contributed by atoms with van der Waals surface area (Å²) in [6.45, 7) is 8.83. The molecule has 0 radical (unpaired) electrons. The number of hydrogen-bond donors (Lipinski definition) is 0. The highest BCUT2D eigenvalue weighted by molar-refractivity contribution is 5.95. The first-order chi connectivity index (χ1) is 15.9. The Morgan fingerprint density at radius 2 is 1.73 bits per heavy atom. The SMILES string of the molecule is CCOC(=O)c1ccc(C(=O)N2CCN(Cc3nc(-c4ccc(C)cc4)no3)CC2)nc1C. The molecule has 0 atom stereocenters. The second kappa shape index (κ2) is 9.91. The summed E-state index contributed by atoms with van der Waals surface area (Å²) in [5.41, 5.74) is 3.29. The van der Waals surface area contributed by atoms with Crippen LogP contribution in [-0.4, -0.2) is 69.6 Å². The molecule has 2 aromatic heterocycles. The Morgan fingerprint density at radius 3 is 2.39 bits per heavy atom. The number of carbonyl (C=O) groups excluding carboxylic acids is 2. The fourth-order valence-corrected chi connectivity index (χ4v) is 3.71. The zero-order valence-corrected chi connectivity index (χ0v) is 19.1. The Balaban J connectivity index is 1.32. The van der Waals surface area contributed by atoms with Gasteiger partial charge in [-0.25, -0.2) is 9.78 Å². The van der Waals surface area contributed by atoms with Crippen LogP contribution in [0.25, 0.3) is 11.4 Å². The first-order valence-electron chi connectivity index (χ1n) is 11.0. The van der Waals surface area contributed by atoms with Crippen molar-refractivity contribution in [1.29, 1.82) is 0 Å². The van der Waals surface area contributed by atoms with E-state index in [1.165, 1.54) is 5.56 Å². The lowest BCUT2D eigenvalue weighted by Gasteiger charge is -2.33. The summed E-state index contributed by atoms with van der Waals surface area (Å²) in [5.74, 6) is 0.554. The van der Waals surface area contributed by atoms with Gasteiger partial charge < -0.3 is 14.2 Å². The number of piperazine rings is 1. The van der Waals surface area contributed by atoms with Gasteiger partial charge in [0.05, 0.1) is 24.4 Å². The Morgan fingerprint density at radius 1 is 1.00 bits per heavy atom. The molecule has 1 saturated heterocycles. The smallest absolute Gasteiger partial charge is 0.339 e. The normalized spacial score (nSPS) is 14.3. The summed E-state index contributed by atoms with van der Waals surface area (Å²) in [5, 5.41) is 4.09. The number of ether oxygens (including phenoxy) is 1. The van der Waals surface area contributed by atoms with Crippen molar-refractivity contribution in [2.45, 2.75) is 27.3 Å². The molecule has 3 heterocycles. The van der Waals surface area contributed by atoms with E-state index in [0.717, 1.165) is 5.56 Å². The molecule has 33 heavy (non-hydrogen) atoms. The lowest BCUT2D eigenvalue weighted by molar-refractivity contribution is 0.0522. The molecule has 0 spiro atoms. The van der Waals surface area contributed by atoms with Crippen molar-refractivity contribution in [3.05, 3.63) is 64.8 Å². The maximum absolute atomic E-state index is 12.9. The fraction of sp³-hybridized carbons (Fsp3) is 0.375. The summed E-state index contributed by atoms with van der Waals surface area (Å²) < 4.78 is 10.4. The molecular weight excluding hydrogens is 422 g/mol. The largest absolute Gasteiger partial charge is 0.462 e. The van der Waals surface area contributed by atoms with E-state index < -0.39 is 5.97 Å². The van der Waals surface area contributed by atoms with E-state index in [9.17, 15) is 9.59 Å². The van der Waals surface area contributed by atoms with Gasteiger partial charge in [-0.05, 0) is 32.9 Å². The molecular formula is C24H27N5O4. The number of hydrogen-bond acceptors (Lipinski definition) is 8. The van der Waals surface area contributed by atoms with Crippen LogP contribution in [0, 0.1) is 13.8 Å². The minimum absolute atomic E-state index is 0.146. The van der Waals surface area contributed by atoms with E-state index in [1.54, 1.807) is 30.9 Å². The Labute approximate surface area is 192 Å². The minimum atomic E-state index is -0.429. The third-order valence-electron chi connectivity index (χ3n) is 5.60. The van der Waals surface area contributed by atoms with Crippen LogP contribution in [0.15, 0.2) is 40.9 Å². The first kappa shape index (κ1) is 22.6. The van der Waals surface area contributed by atoms with Crippen molar-refractivity contribution in [3.8, 4) is 11.4 Å². The third-order valence-corrected chi connectivity index (χ3v) is 5.60. The molecule has 0 unspecified atom stereocenters. The van der Waals surface area contributed by atoms with E-state index in [4.69, 9.17) is 9.26 Å². The number of carbonyl (C=O) groups is 2. The molecule has 0 saturated carbocycles. The highest BCUT2D eigenvalue weighted by Gasteiger charge is 2.25. The number of benzene rings is 1. The van der Waals surface area contributed by atoms with Gasteiger partial charge >= 0.3 is 5.97 Å². The number of rotatable bonds is 6. The fourth-order valence-electron chi connectivity index (χ4n) is 3.71. The van der Waals surface area contributed by atoms with Crippen LogP contribution in [0.1, 0.15) is 44.9 Å². The first-order valence-corrected chi connectivity index (χ1v) is 11.0. The van der Waals surface area contributed by atoms with Gasteiger partial charge in [-0.2, -0.15) is 4.98 Å². The highest BCUT2D eigenvalue weighted by atomic mass is 16.5. The van der Waals surface area contributed by atoms with Crippen molar-refractivity contribution >= 4 is 11.9 Å². The predicted octanol–water partition coefficient (Wildman–Crippen LogP) is 2.88. The molecule has 0 aliphatic carbocycles. The van der Waals surface area contributed by atoms with Gasteiger partial charge in [-0.15, -0.1) is 0 Å². The standard InChI is InChI=1S/C24H27N5O4/c1-4-32-24(31)19-9-10-20(25-17(19)3)23(30)29-13-11-28(12-14-29)15-21-26-22(27-33-21)18-7-5-16(2)6-8-18/h5-10H,4,11-15H2,1-3H3. The van der Waals surface area contributed by atoms with E-state index in [1.807, 2.05) is 31.2 Å². The van der Waals surface area contributed by atoms with Gasteiger partial charge in [0.1, 0.15) is 5.69 Å². The number of aryl methyl sites for hydroxylation is 2. The molecule has 1 fully saturated rings. The second-order valence-electron chi connectivity index (χ2n) is 8.00. The van der Waals surface area contributed by atoms with Crippen molar-refractivity contribution in [2.75, 3.05) is 32.8 Å². The van der Waals surface area contributed by atoms with Crippen molar-refractivity contribution in [1.82, 2.24) is 24.9 Å². The van der Waals surface area contributed by atoms with Crippen molar-refractivity contribution < 1.29 is 18.8 Å². The summed E-state index contributed by atoms with van der Waals surface area (Å²) in [6, 6.07) is 11.2. The van der Waals surface area contributed by atoms with Crippen LogP contribution in [0.5, 0.6) is 0 Å². The molecule has 172 valence electrons. The Hall–Kier alpha value is -3.59. The molecule has 4 rings (SSSR count). The van der Waals surface area contributed by atoms with Crippen molar-refractivity contribution in [3.63, 3.8) is 0 Å². The van der Waals surface area contributed by atoms with Crippen LogP contribution in [0.2, 0.25) is 0 Å². The minimum Gasteiger partial charge on any atom is -0.462 e. The molecule has 9 nitrogen and oxygen atoms in total. The topological polar surface area (TPSA) is 102 Å². The molecule has 1 amide bonds. The second-order valence-corrected chi connectivity index (χ2v) is 8.00. The number of esters is 1. The van der Waals surface area contributed by atoms with Crippen LogP contribution < -0.4 is 0 Å². The molecule has 1 aliphatic heterocycles. The Bertz CT molecular complexity index is 1130. The lowest BCUT2D eigenvalue weighted by atomic mass is 10.1. The zero-order valence-electron chi connectivity index (χ0n) is 19.1. The van der Waals surface area contributed by atoms with Crippen LogP contribution >= 0.6 is 0 Å². The number of aromatic nitrogens is 3. The average molecular weight is 450 g/mol. The lowest BCUT2D eigenvalue weighted by Crippen LogP contribution is -2.48. The van der Waals surface area contributed by atoms with Crippen LogP contribution in [0.3, 0.4) is 0 Å². The van der Waals surface area contributed by atoms with Crippen LogP contribution in [-0.2, 0) is 11.3 Å². The maximum Gasteiger partial charge on any atom is 0.339 e. The quantitative estimate of drug-likeness (QED) is 0.530. The van der Waals surface area contributed by atoms with Crippen molar-refractivity contribution in [2.24, 2.45) is 0 Å². The molecule has 0 N–H and O–H groups in total. The zero-order chi connectivity index (χ0) is 23.4. The van der Waals surface area contributed by atoms with Gasteiger partial charge in [0.15, 0.2) is 0 Å². The Kier molecular flexibility index (Phi) is 6.79. The number of pyridine rings is 1. The maximum atomic E-state index is 12.9. The third kappa shape index (κ3) is 5.25. The number of nitrogens with zero attached hydrogens (tertiary/aromatic N) is 5. The van der Waals surface area contributed by atoms with Gasteiger partial charge in [-0.1, -0.05) is 35.0 Å². The van der Waals surface area contributed by atoms with Gasteiger partial charge in [0.25, 0.3) is 5.91 Å². The van der Waals surface area contributed by atoms with Gasteiger partial charge in [0, 0.05) is 31.7 Å². The van der Waals surface area contributed by atoms with Gasteiger partial charge in [-0.3, -0.25) is 9.69 Å². The summed E-state index contributed by atoms with van der Waals surface area (Å²) in [7, 11) is 0. The molecule has 1 aliphatic rings. The molecule has 3 aromatic rings. The summed E-state index contributed by atoms with van der Waals surface area (Å²) in [4.78, 5) is 37.6. The number of amides is 1.